The maximum atomic E-state index is 13.7. The van der Waals surface area contributed by atoms with Crippen molar-refractivity contribution in [2.75, 3.05) is 46.5 Å². The molecular weight excluding hydrogens is 382 g/mol. The lowest BCUT2D eigenvalue weighted by molar-refractivity contribution is -0.0388. The summed E-state index contributed by atoms with van der Waals surface area (Å²) in [4.78, 5) is 6.73. The zero-order valence-corrected chi connectivity index (χ0v) is 17.3. The second kappa shape index (κ2) is 7.87. The third-order valence-corrected chi connectivity index (χ3v) is 8.19. The quantitative estimate of drug-likeness (QED) is 0.776. The molecule has 0 aromatic carbocycles. The fraction of sp³-hybridized carbons (Fsp3) is 0.737. The first kappa shape index (κ1) is 20.0. The Bertz CT molecular complexity index is 804. The molecule has 0 aliphatic carbocycles. The highest BCUT2D eigenvalue weighted by atomic mass is 32.2. The molecule has 1 N–H and O–H groups in total. The summed E-state index contributed by atoms with van der Waals surface area (Å²) in [6.45, 7) is 6.12. The SMILES string of the molecule is COc1ccc(S(=O)(=O)C2OC3(CCNCC3)CC2N2CCOCC2)c(C)n1. The number of pyridine rings is 1. The third kappa shape index (κ3) is 3.66. The standard InChI is InChI=1S/C19H29N3O5S/c1-14-16(3-4-17(21-14)25-2)28(23,24)18-15(22-9-11-26-12-10-22)13-19(27-18)5-7-20-8-6-19/h3-4,15,18,20H,5-13H2,1-2H3. The van der Waals surface area contributed by atoms with Gasteiger partial charge in [-0.05, 0) is 45.3 Å². The van der Waals surface area contributed by atoms with E-state index in [1.165, 1.54) is 7.11 Å². The first-order valence-corrected chi connectivity index (χ1v) is 11.5. The van der Waals surface area contributed by atoms with E-state index in [1.807, 2.05) is 0 Å². The predicted octanol–water partition coefficient (Wildman–Crippen LogP) is 0.742. The summed E-state index contributed by atoms with van der Waals surface area (Å²) >= 11 is 0. The molecule has 0 bridgehead atoms. The molecule has 1 spiro atoms. The number of nitrogens with zero attached hydrogens (tertiary/aromatic N) is 2. The number of hydrogen-bond acceptors (Lipinski definition) is 8. The Hall–Kier alpha value is -1.26. The summed E-state index contributed by atoms with van der Waals surface area (Å²) in [5.41, 5.74) is -0.827. The molecule has 1 aromatic heterocycles. The zero-order chi connectivity index (χ0) is 19.8. The second-order valence-corrected chi connectivity index (χ2v) is 9.82. The van der Waals surface area contributed by atoms with Crippen molar-refractivity contribution in [2.45, 2.75) is 48.2 Å². The molecule has 1 aromatic rings. The number of aromatic nitrogens is 1. The summed E-state index contributed by atoms with van der Waals surface area (Å²) < 4.78 is 44.3. The molecule has 28 heavy (non-hydrogen) atoms. The van der Waals surface area contributed by atoms with E-state index >= 15 is 0 Å². The minimum Gasteiger partial charge on any atom is -0.481 e. The van der Waals surface area contributed by atoms with Crippen LogP contribution in [0.5, 0.6) is 5.88 Å². The van der Waals surface area contributed by atoms with Crippen molar-refractivity contribution in [3.8, 4) is 5.88 Å². The van der Waals surface area contributed by atoms with Crippen LogP contribution < -0.4 is 10.1 Å². The van der Waals surface area contributed by atoms with Crippen LogP contribution in [-0.2, 0) is 19.3 Å². The lowest BCUT2D eigenvalue weighted by atomic mass is 9.88. The minimum absolute atomic E-state index is 0.173. The van der Waals surface area contributed by atoms with Crippen molar-refractivity contribution in [1.29, 1.82) is 0 Å². The van der Waals surface area contributed by atoms with E-state index in [9.17, 15) is 8.42 Å². The molecule has 4 rings (SSSR count). The predicted molar refractivity (Wildman–Crippen MR) is 103 cm³/mol. The smallest absolute Gasteiger partial charge is 0.213 e. The zero-order valence-electron chi connectivity index (χ0n) is 16.5. The topological polar surface area (TPSA) is 90.0 Å². The molecule has 3 aliphatic heterocycles. The van der Waals surface area contributed by atoms with Gasteiger partial charge in [0.05, 0.1) is 42.6 Å². The van der Waals surface area contributed by atoms with E-state index in [2.05, 4.69) is 15.2 Å². The molecule has 156 valence electrons. The van der Waals surface area contributed by atoms with Gasteiger partial charge in [-0.1, -0.05) is 0 Å². The van der Waals surface area contributed by atoms with E-state index in [-0.39, 0.29) is 16.5 Å². The number of hydrogen-bond donors (Lipinski definition) is 1. The number of aryl methyl sites for hydroxylation is 1. The third-order valence-electron chi connectivity index (χ3n) is 6.12. The molecule has 0 saturated carbocycles. The summed E-state index contributed by atoms with van der Waals surface area (Å²) in [5, 5.41) is 3.35. The number of ether oxygens (including phenoxy) is 3. The monoisotopic (exact) mass is 411 g/mol. The lowest BCUT2D eigenvalue weighted by Gasteiger charge is -2.35. The Balaban J connectivity index is 1.69. The Morgan fingerprint density at radius 2 is 1.96 bits per heavy atom. The van der Waals surface area contributed by atoms with Gasteiger partial charge >= 0.3 is 0 Å². The van der Waals surface area contributed by atoms with E-state index in [0.29, 0.717) is 24.8 Å². The molecule has 3 aliphatic rings. The highest BCUT2D eigenvalue weighted by Gasteiger charge is 2.54. The summed E-state index contributed by atoms with van der Waals surface area (Å²) in [7, 11) is -2.19. The Kier molecular flexibility index (Phi) is 5.63. The fourth-order valence-electron chi connectivity index (χ4n) is 4.60. The lowest BCUT2D eigenvalue weighted by Crippen LogP contribution is -2.49. The number of morpholine rings is 1. The van der Waals surface area contributed by atoms with Crippen LogP contribution in [0.1, 0.15) is 25.0 Å². The normalized spacial score (nSPS) is 28.5. The molecule has 8 nitrogen and oxygen atoms in total. The van der Waals surface area contributed by atoms with Crippen molar-refractivity contribution >= 4 is 9.84 Å². The average Bonchev–Trinajstić information content (AvgIpc) is 3.08. The van der Waals surface area contributed by atoms with Gasteiger partial charge in [0.1, 0.15) is 0 Å². The van der Waals surface area contributed by atoms with Gasteiger partial charge in [-0.15, -0.1) is 0 Å². The highest BCUT2D eigenvalue weighted by molar-refractivity contribution is 7.92. The molecule has 9 heteroatoms. The van der Waals surface area contributed by atoms with Gasteiger partial charge in [-0.2, -0.15) is 0 Å². The number of methoxy groups -OCH3 is 1. The van der Waals surface area contributed by atoms with Crippen LogP contribution in [0.25, 0.3) is 0 Å². The van der Waals surface area contributed by atoms with Crippen molar-refractivity contribution in [3.63, 3.8) is 0 Å². The first-order valence-electron chi connectivity index (χ1n) is 9.91. The van der Waals surface area contributed by atoms with E-state index in [1.54, 1.807) is 19.1 Å². The molecule has 2 unspecified atom stereocenters. The number of sulfone groups is 1. The van der Waals surface area contributed by atoms with Crippen LogP contribution in [-0.4, -0.2) is 81.9 Å². The number of nitrogens with one attached hydrogen (secondary N) is 1. The summed E-state index contributed by atoms with van der Waals surface area (Å²) in [5.74, 6) is 0.406. The minimum atomic E-state index is -3.71. The second-order valence-electron chi connectivity index (χ2n) is 7.82. The molecule has 3 fully saturated rings. The maximum Gasteiger partial charge on any atom is 0.213 e. The van der Waals surface area contributed by atoms with Crippen molar-refractivity contribution in [2.24, 2.45) is 0 Å². The van der Waals surface area contributed by atoms with Gasteiger partial charge in [0.15, 0.2) is 5.44 Å². The van der Waals surface area contributed by atoms with E-state index in [0.717, 1.165) is 45.4 Å². The molecule has 0 radical (unpaired) electrons. The van der Waals surface area contributed by atoms with E-state index in [4.69, 9.17) is 14.2 Å². The Morgan fingerprint density at radius 3 is 2.61 bits per heavy atom. The van der Waals surface area contributed by atoms with Crippen LogP contribution >= 0.6 is 0 Å². The van der Waals surface area contributed by atoms with Gasteiger partial charge < -0.3 is 19.5 Å². The van der Waals surface area contributed by atoms with Crippen molar-refractivity contribution in [3.05, 3.63) is 17.8 Å². The van der Waals surface area contributed by atoms with Crippen LogP contribution in [0.15, 0.2) is 17.0 Å². The highest BCUT2D eigenvalue weighted by Crippen LogP contribution is 2.43. The van der Waals surface area contributed by atoms with Crippen LogP contribution in [0.4, 0.5) is 0 Å². The van der Waals surface area contributed by atoms with E-state index < -0.39 is 15.3 Å². The Labute approximate surface area is 166 Å². The largest absolute Gasteiger partial charge is 0.481 e. The van der Waals surface area contributed by atoms with Gasteiger partial charge in [-0.25, -0.2) is 13.4 Å². The molecule has 0 amide bonds. The van der Waals surface area contributed by atoms with Gasteiger partial charge in [0.2, 0.25) is 15.7 Å². The van der Waals surface area contributed by atoms with Crippen LogP contribution in [0.3, 0.4) is 0 Å². The fourth-order valence-corrected chi connectivity index (χ4v) is 6.58. The average molecular weight is 412 g/mol. The van der Waals surface area contributed by atoms with Gasteiger partial charge in [0.25, 0.3) is 0 Å². The Morgan fingerprint density at radius 1 is 1.25 bits per heavy atom. The van der Waals surface area contributed by atoms with Gasteiger partial charge in [0, 0.05) is 19.2 Å². The maximum absolute atomic E-state index is 13.7. The molecule has 3 saturated heterocycles. The number of piperidine rings is 1. The summed E-state index contributed by atoms with van der Waals surface area (Å²) in [6, 6.07) is 3.01. The molecule has 2 atom stereocenters. The summed E-state index contributed by atoms with van der Waals surface area (Å²) in [6.07, 6.45) is 2.40. The van der Waals surface area contributed by atoms with Crippen molar-refractivity contribution in [1.82, 2.24) is 15.2 Å². The van der Waals surface area contributed by atoms with Gasteiger partial charge in [-0.3, -0.25) is 4.90 Å². The molecule has 4 heterocycles. The van der Waals surface area contributed by atoms with Crippen LogP contribution in [0.2, 0.25) is 0 Å². The number of rotatable bonds is 4. The first-order chi connectivity index (χ1) is 13.5. The van der Waals surface area contributed by atoms with Crippen LogP contribution in [0, 0.1) is 6.92 Å². The molecular formula is C19H29N3O5S. The van der Waals surface area contributed by atoms with Crippen molar-refractivity contribution < 1.29 is 22.6 Å².